The van der Waals surface area contributed by atoms with Crippen LogP contribution in [0.15, 0.2) is 97.1 Å². The molecule has 33 heavy (non-hydrogen) atoms. The molecule has 0 aromatic heterocycles. The van der Waals surface area contributed by atoms with E-state index in [2.05, 4.69) is 0 Å². The smallest absolute Gasteiger partial charge is 0.338 e. The summed E-state index contributed by atoms with van der Waals surface area (Å²) in [7, 11) is 2.95. The van der Waals surface area contributed by atoms with E-state index in [0.717, 1.165) is 21.9 Å². The number of Topliss-reactive ketones (excluding diaryl/α,β-unsaturated/α-hetero) is 1. The molecule has 4 heteroatoms. The molecule has 4 nitrogen and oxygen atoms in total. The maximum atomic E-state index is 13.3. The SMILES string of the molecule is COC(=O)/C(=C(\CC(=O)c1ccc(OC)cc1)c1ccccc1)c1cccc2ccccc12. The van der Waals surface area contributed by atoms with Gasteiger partial charge in [-0.25, -0.2) is 4.79 Å². The summed E-state index contributed by atoms with van der Waals surface area (Å²) >= 11 is 0. The van der Waals surface area contributed by atoms with Gasteiger partial charge in [-0.05, 0) is 51.7 Å². The number of methoxy groups -OCH3 is 2. The van der Waals surface area contributed by atoms with Crippen LogP contribution in [0.4, 0.5) is 0 Å². The Morgan fingerprint density at radius 2 is 1.36 bits per heavy atom. The highest BCUT2D eigenvalue weighted by atomic mass is 16.5. The second-order valence-corrected chi connectivity index (χ2v) is 7.57. The minimum absolute atomic E-state index is 0.0456. The number of esters is 1. The van der Waals surface area contributed by atoms with Crippen LogP contribution in [-0.4, -0.2) is 26.0 Å². The molecule has 0 heterocycles. The third kappa shape index (κ3) is 4.70. The van der Waals surface area contributed by atoms with Crippen LogP contribution in [0, 0.1) is 0 Å². The topological polar surface area (TPSA) is 52.6 Å². The number of ketones is 1. The molecule has 0 N–H and O–H groups in total. The monoisotopic (exact) mass is 436 g/mol. The van der Waals surface area contributed by atoms with Crippen molar-refractivity contribution in [2.24, 2.45) is 0 Å². The fourth-order valence-electron chi connectivity index (χ4n) is 3.95. The van der Waals surface area contributed by atoms with E-state index in [-0.39, 0.29) is 12.2 Å². The molecule has 4 rings (SSSR count). The molecule has 0 saturated heterocycles. The third-order valence-corrected chi connectivity index (χ3v) is 5.62. The average molecular weight is 437 g/mol. The van der Waals surface area contributed by atoms with Gasteiger partial charge in [0.25, 0.3) is 0 Å². The Balaban J connectivity index is 1.92. The van der Waals surface area contributed by atoms with E-state index in [1.807, 2.05) is 72.8 Å². The van der Waals surface area contributed by atoms with Crippen LogP contribution in [-0.2, 0) is 9.53 Å². The lowest BCUT2D eigenvalue weighted by molar-refractivity contribution is -0.133. The normalized spacial score (nSPS) is 11.6. The van der Waals surface area contributed by atoms with E-state index < -0.39 is 5.97 Å². The Hall–Kier alpha value is -4.18. The number of rotatable bonds is 7. The van der Waals surface area contributed by atoms with E-state index in [4.69, 9.17) is 9.47 Å². The van der Waals surface area contributed by atoms with Crippen LogP contribution in [0.1, 0.15) is 27.9 Å². The van der Waals surface area contributed by atoms with Gasteiger partial charge in [0.2, 0.25) is 0 Å². The van der Waals surface area contributed by atoms with Crippen molar-refractivity contribution in [2.45, 2.75) is 6.42 Å². The first kappa shape index (κ1) is 22.0. The Morgan fingerprint density at radius 1 is 0.697 bits per heavy atom. The van der Waals surface area contributed by atoms with Crippen LogP contribution >= 0.6 is 0 Å². The number of hydrogen-bond donors (Lipinski definition) is 0. The van der Waals surface area contributed by atoms with Crippen LogP contribution < -0.4 is 4.74 Å². The molecule has 0 saturated carbocycles. The highest BCUT2D eigenvalue weighted by molar-refractivity contribution is 6.29. The lowest BCUT2D eigenvalue weighted by Gasteiger charge is -2.16. The van der Waals surface area contributed by atoms with Crippen molar-refractivity contribution in [3.8, 4) is 5.75 Å². The van der Waals surface area contributed by atoms with E-state index in [0.29, 0.717) is 22.5 Å². The molecule has 0 unspecified atom stereocenters. The van der Waals surface area contributed by atoms with Crippen molar-refractivity contribution in [3.05, 3.63) is 114 Å². The van der Waals surface area contributed by atoms with Crippen molar-refractivity contribution >= 4 is 33.7 Å². The Bertz CT molecular complexity index is 1310. The van der Waals surface area contributed by atoms with Gasteiger partial charge < -0.3 is 9.47 Å². The van der Waals surface area contributed by atoms with Crippen LogP contribution in [0.3, 0.4) is 0 Å². The fourth-order valence-corrected chi connectivity index (χ4v) is 3.95. The number of allylic oxidation sites excluding steroid dienone is 1. The van der Waals surface area contributed by atoms with Gasteiger partial charge in [0.15, 0.2) is 5.78 Å². The largest absolute Gasteiger partial charge is 0.497 e. The quantitative estimate of drug-likeness (QED) is 0.150. The van der Waals surface area contributed by atoms with Gasteiger partial charge in [-0.2, -0.15) is 0 Å². The number of fused-ring (bicyclic) bond motifs is 1. The molecule has 4 aromatic carbocycles. The predicted molar refractivity (Wildman–Crippen MR) is 131 cm³/mol. The fraction of sp³-hybridized carbons (Fsp3) is 0.103. The van der Waals surface area contributed by atoms with Gasteiger partial charge in [-0.3, -0.25) is 4.79 Å². The molecular weight excluding hydrogens is 412 g/mol. The van der Waals surface area contributed by atoms with Gasteiger partial charge in [0.1, 0.15) is 5.75 Å². The first-order valence-electron chi connectivity index (χ1n) is 10.6. The standard InChI is InChI=1S/C29H24O4/c1-32-23-17-15-22(16-18-23)27(30)19-26(21-9-4-3-5-10-21)28(29(31)33-2)25-14-8-12-20-11-6-7-13-24(20)25/h3-18H,19H2,1-2H3/b28-26+. The summed E-state index contributed by atoms with van der Waals surface area (Å²) in [4.78, 5) is 26.5. The number of carbonyl (C=O) groups is 2. The van der Waals surface area contributed by atoms with Gasteiger partial charge in [0.05, 0.1) is 19.8 Å². The Kier molecular flexibility index (Phi) is 6.65. The maximum absolute atomic E-state index is 13.3. The summed E-state index contributed by atoms with van der Waals surface area (Å²) in [5.74, 6) is 0.0993. The van der Waals surface area contributed by atoms with Gasteiger partial charge in [-0.1, -0.05) is 72.8 Å². The number of ether oxygens (including phenoxy) is 2. The molecule has 0 fully saturated rings. The first-order valence-corrected chi connectivity index (χ1v) is 10.6. The number of carbonyl (C=O) groups excluding carboxylic acids is 2. The molecule has 0 amide bonds. The van der Waals surface area contributed by atoms with E-state index in [1.54, 1.807) is 31.4 Å². The highest BCUT2D eigenvalue weighted by Crippen LogP contribution is 2.35. The molecule has 0 radical (unpaired) electrons. The molecule has 0 aliphatic carbocycles. The van der Waals surface area contributed by atoms with E-state index in [1.165, 1.54) is 7.11 Å². The van der Waals surface area contributed by atoms with Crippen molar-refractivity contribution < 1.29 is 19.1 Å². The minimum Gasteiger partial charge on any atom is -0.497 e. The van der Waals surface area contributed by atoms with Crippen molar-refractivity contribution in [3.63, 3.8) is 0 Å². The molecule has 0 spiro atoms. The molecule has 0 aliphatic rings. The Labute approximate surface area is 193 Å². The molecule has 0 atom stereocenters. The summed E-state index contributed by atoms with van der Waals surface area (Å²) in [6.45, 7) is 0. The van der Waals surface area contributed by atoms with Crippen molar-refractivity contribution in [1.82, 2.24) is 0 Å². The number of benzene rings is 4. The third-order valence-electron chi connectivity index (χ3n) is 5.62. The lowest BCUT2D eigenvalue weighted by atomic mass is 9.88. The minimum atomic E-state index is -0.479. The highest BCUT2D eigenvalue weighted by Gasteiger charge is 2.23. The van der Waals surface area contributed by atoms with Crippen molar-refractivity contribution in [1.29, 1.82) is 0 Å². The van der Waals surface area contributed by atoms with Crippen LogP contribution in [0.25, 0.3) is 21.9 Å². The summed E-state index contributed by atoms with van der Waals surface area (Å²) in [5.41, 5.74) is 3.10. The van der Waals surface area contributed by atoms with Gasteiger partial charge >= 0.3 is 5.97 Å². The zero-order chi connectivity index (χ0) is 23.2. The predicted octanol–water partition coefficient (Wildman–Crippen LogP) is 6.21. The molecule has 0 bridgehead atoms. The van der Waals surface area contributed by atoms with Crippen LogP contribution in [0.2, 0.25) is 0 Å². The molecule has 0 aliphatic heterocycles. The van der Waals surface area contributed by atoms with E-state index >= 15 is 0 Å². The first-order chi connectivity index (χ1) is 16.1. The summed E-state index contributed by atoms with van der Waals surface area (Å²) in [6, 6.07) is 30.2. The summed E-state index contributed by atoms with van der Waals surface area (Å²) in [5, 5.41) is 1.93. The molecular formula is C29H24O4. The second kappa shape index (κ2) is 9.96. The summed E-state index contributed by atoms with van der Waals surface area (Å²) < 4.78 is 10.4. The summed E-state index contributed by atoms with van der Waals surface area (Å²) in [6.07, 6.45) is 0.0456. The van der Waals surface area contributed by atoms with E-state index in [9.17, 15) is 9.59 Å². The van der Waals surface area contributed by atoms with Crippen molar-refractivity contribution in [2.75, 3.05) is 14.2 Å². The maximum Gasteiger partial charge on any atom is 0.338 e. The second-order valence-electron chi connectivity index (χ2n) is 7.57. The lowest BCUT2D eigenvalue weighted by Crippen LogP contribution is -2.10. The zero-order valence-electron chi connectivity index (χ0n) is 18.6. The Morgan fingerprint density at radius 3 is 2.06 bits per heavy atom. The van der Waals surface area contributed by atoms with Gasteiger partial charge in [-0.15, -0.1) is 0 Å². The molecule has 4 aromatic rings. The molecule has 164 valence electrons. The number of hydrogen-bond acceptors (Lipinski definition) is 4. The zero-order valence-corrected chi connectivity index (χ0v) is 18.6. The van der Waals surface area contributed by atoms with Gasteiger partial charge in [0, 0.05) is 12.0 Å². The van der Waals surface area contributed by atoms with Crippen LogP contribution in [0.5, 0.6) is 5.75 Å². The average Bonchev–Trinajstić information content (AvgIpc) is 2.88.